The van der Waals surface area contributed by atoms with Crippen LogP contribution in [0.2, 0.25) is 0 Å². The molecule has 2 rings (SSSR count). The molecule has 0 aromatic heterocycles. The van der Waals surface area contributed by atoms with Crippen LogP contribution in [0.3, 0.4) is 0 Å². The summed E-state index contributed by atoms with van der Waals surface area (Å²) < 4.78 is 9.65. The van der Waals surface area contributed by atoms with Crippen LogP contribution >= 0.6 is 0 Å². The van der Waals surface area contributed by atoms with E-state index in [2.05, 4.69) is 5.10 Å². The summed E-state index contributed by atoms with van der Waals surface area (Å²) >= 11 is 0. The summed E-state index contributed by atoms with van der Waals surface area (Å²) in [6, 6.07) is 9.31. The molecule has 20 heavy (non-hydrogen) atoms. The topological polar surface area (TPSA) is 68.2 Å². The van der Waals surface area contributed by atoms with Gasteiger partial charge in [0.05, 0.1) is 25.9 Å². The number of nitrogens with zero attached hydrogens (tertiary/aromatic N) is 2. The Morgan fingerprint density at radius 3 is 2.65 bits per heavy atom. The molecule has 1 aromatic carbocycles. The fourth-order valence-corrected chi connectivity index (χ4v) is 1.98. The van der Waals surface area contributed by atoms with E-state index in [0.29, 0.717) is 0 Å². The summed E-state index contributed by atoms with van der Waals surface area (Å²) in [6.07, 6.45) is 0. The third-order valence-corrected chi connectivity index (χ3v) is 2.94. The van der Waals surface area contributed by atoms with Gasteiger partial charge in [0.2, 0.25) is 0 Å². The van der Waals surface area contributed by atoms with Crippen molar-refractivity contribution in [1.82, 2.24) is 0 Å². The van der Waals surface area contributed by atoms with Gasteiger partial charge < -0.3 is 9.47 Å². The Kier molecular flexibility index (Phi) is 4.34. The molecule has 0 N–H and O–H groups in total. The van der Waals surface area contributed by atoms with Gasteiger partial charge in [-0.05, 0) is 19.1 Å². The Balaban J connectivity index is 2.27. The average molecular weight is 276 g/mol. The SMILES string of the molecule is CCOC(=O)C1=NN(c2ccccc2)C[C@@H]1C(=O)OC. The van der Waals surface area contributed by atoms with Gasteiger partial charge in [-0.25, -0.2) is 4.79 Å². The molecule has 106 valence electrons. The van der Waals surface area contributed by atoms with Gasteiger partial charge in [0.1, 0.15) is 5.92 Å². The number of carbonyl (C=O) groups excluding carboxylic acids is 2. The van der Waals surface area contributed by atoms with E-state index in [4.69, 9.17) is 9.47 Å². The molecule has 0 fully saturated rings. The van der Waals surface area contributed by atoms with Crippen LogP contribution in [-0.4, -0.2) is 37.9 Å². The van der Waals surface area contributed by atoms with Crippen LogP contribution in [-0.2, 0) is 19.1 Å². The molecule has 0 bridgehead atoms. The highest BCUT2D eigenvalue weighted by molar-refractivity contribution is 6.41. The summed E-state index contributed by atoms with van der Waals surface area (Å²) in [4.78, 5) is 23.6. The summed E-state index contributed by atoms with van der Waals surface area (Å²) in [7, 11) is 1.29. The van der Waals surface area contributed by atoms with Crippen molar-refractivity contribution in [1.29, 1.82) is 0 Å². The van der Waals surface area contributed by atoms with Gasteiger partial charge in [-0.2, -0.15) is 5.10 Å². The highest BCUT2D eigenvalue weighted by atomic mass is 16.5. The number of hydrogen-bond donors (Lipinski definition) is 0. The van der Waals surface area contributed by atoms with Gasteiger partial charge in [0, 0.05) is 0 Å². The van der Waals surface area contributed by atoms with E-state index < -0.39 is 17.9 Å². The van der Waals surface area contributed by atoms with Crippen LogP contribution < -0.4 is 5.01 Å². The van der Waals surface area contributed by atoms with Crippen molar-refractivity contribution < 1.29 is 19.1 Å². The zero-order valence-electron chi connectivity index (χ0n) is 11.4. The standard InChI is InChI=1S/C14H16N2O4/c1-3-20-14(18)12-11(13(17)19-2)9-16(15-12)10-7-5-4-6-8-10/h4-8,11H,3,9H2,1-2H3/t11-/m0/s1. The van der Waals surface area contributed by atoms with Crippen LogP contribution in [0.25, 0.3) is 0 Å². The molecule has 1 aliphatic rings. The second kappa shape index (κ2) is 6.18. The molecule has 1 aromatic rings. The van der Waals surface area contributed by atoms with E-state index in [1.165, 1.54) is 7.11 Å². The number of hydrazone groups is 1. The number of carbonyl (C=O) groups is 2. The number of methoxy groups -OCH3 is 1. The van der Waals surface area contributed by atoms with Crippen molar-refractivity contribution in [2.24, 2.45) is 11.0 Å². The monoisotopic (exact) mass is 276 g/mol. The molecule has 0 saturated carbocycles. The van der Waals surface area contributed by atoms with Crippen molar-refractivity contribution in [3.05, 3.63) is 30.3 Å². The van der Waals surface area contributed by atoms with Crippen LogP contribution in [0.4, 0.5) is 5.69 Å². The molecule has 6 heteroatoms. The van der Waals surface area contributed by atoms with E-state index in [9.17, 15) is 9.59 Å². The summed E-state index contributed by atoms with van der Waals surface area (Å²) in [5.74, 6) is -1.80. The Morgan fingerprint density at radius 1 is 1.35 bits per heavy atom. The molecule has 1 atom stereocenters. The van der Waals surface area contributed by atoms with Crippen molar-refractivity contribution in [3.63, 3.8) is 0 Å². The van der Waals surface area contributed by atoms with Crippen molar-refractivity contribution >= 4 is 23.3 Å². The number of benzene rings is 1. The fraction of sp³-hybridized carbons (Fsp3) is 0.357. The number of ether oxygens (including phenoxy) is 2. The lowest BCUT2D eigenvalue weighted by molar-refractivity contribution is -0.144. The number of rotatable bonds is 4. The maximum absolute atomic E-state index is 11.9. The van der Waals surface area contributed by atoms with Crippen molar-refractivity contribution in [2.45, 2.75) is 6.92 Å². The summed E-state index contributed by atoms with van der Waals surface area (Å²) in [5.41, 5.74) is 0.892. The molecule has 0 aliphatic carbocycles. The predicted octanol–water partition coefficient (Wildman–Crippen LogP) is 1.21. The van der Waals surface area contributed by atoms with Crippen LogP contribution in [0.5, 0.6) is 0 Å². The molecule has 0 unspecified atom stereocenters. The number of anilines is 1. The van der Waals surface area contributed by atoms with Gasteiger partial charge in [-0.3, -0.25) is 9.80 Å². The minimum Gasteiger partial charge on any atom is -0.468 e. The van der Waals surface area contributed by atoms with E-state index in [-0.39, 0.29) is 18.9 Å². The molecule has 0 radical (unpaired) electrons. The Hall–Kier alpha value is -2.37. The van der Waals surface area contributed by atoms with Crippen LogP contribution in [0.15, 0.2) is 35.4 Å². The fourth-order valence-electron chi connectivity index (χ4n) is 1.98. The van der Waals surface area contributed by atoms with Crippen LogP contribution in [0.1, 0.15) is 6.92 Å². The molecular formula is C14H16N2O4. The average Bonchev–Trinajstić information content (AvgIpc) is 2.93. The Bertz CT molecular complexity index is 527. The smallest absolute Gasteiger partial charge is 0.355 e. The minimum atomic E-state index is -0.723. The van der Waals surface area contributed by atoms with Gasteiger partial charge in [-0.1, -0.05) is 18.2 Å². The first-order chi connectivity index (χ1) is 9.67. The predicted molar refractivity (Wildman–Crippen MR) is 73.4 cm³/mol. The lowest BCUT2D eigenvalue weighted by atomic mass is 10.0. The summed E-state index contributed by atoms with van der Waals surface area (Å²) in [6.45, 7) is 2.21. The van der Waals surface area contributed by atoms with Gasteiger partial charge in [0.25, 0.3) is 0 Å². The first-order valence-electron chi connectivity index (χ1n) is 6.33. The summed E-state index contributed by atoms with van der Waals surface area (Å²) in [5, 5.41) is 5.81. The third kappa shape index (κ3) is 2.79. The second-order valence-corrected chi connectivity index (χ2v) is 4.20. The maximum Gasteiger partial charge on any atom is 0.355 e. The minimum absolute atomic E-state index is 0.0857. The Labute approximate surface area is 117 Å². The molecule has 6 nitrogen and oxygen atoms in total. The van der Waals surface area contributed by atoms with Gasteiger partial charge in [-0.15, -0.1) is 0 Å². The van der Waals surface area contributed by atoms with E-state index in [0.717, 1.165) is 5.69 Å². The van der Waals surface area contributed by atoms with Crippen molar-refractivity contribution in [3.8, 4) is 0 Å². The molecule has 0 spiro atoms. The Morgan fingerprint density at radius 2 is 2.05 bits per heavy atom. The molecule has 0 amide bonds. The second-order valence-electron chi connectivity index (χ2n) is 4.20. The van der Waals surface area contributed by atoms with Gasteiger partial charge in [0.15, 0.2) is 5.71 Å². The van der Waals surface area contributed by atoms with E-state index in [1.807, 2.05) is 30.3 Å². The molecule has 0 saturated heterocycles. The first-order valence-corrected chi connectivity index (χ1v) is 6.33. The van der Waals surface area contributed by atoms with Crippen molar-refractivity contribution in [2.75, 3.05) is 25.3 Å². The first kappa shape index (κ1) is 14.0. The lowest BCUT2D eigenvalue weighted by Crippen LogP contribution is -2.32. The highest BCUT2D eigenvalue weighted by Gasteiger charge is 2.38. The number of hydrogen-bond acceptors (Lipinski definition) is 6. The van der Waals surface area contributed by atoms with E-state index >= 15 is 0 Å². The van der Waals surface area contributed by atoms with Gasteiger partial charge >= 0.3 is 11.9 Å². The maximum atomic E-state index is 11.9. The zero-order valence-corrected chi connectivity index (χ0v) is 11.4. The zero-order chi connectivity index (χ0) is 14.5. The van der Waals surface area contributed by atoms with Crippen LogP contribution in [0, 0.1) is 5.92 Å². The molecule has 1 heterocycles. The quantitative estimate of drug-likeness (QED) is 0.773. The molecular weight excluding hydrogens is 260 g/mol. The number of esters is 2. The molecule has 1 aliphatic heterocycles. The number of para-hydroxylation sites is 1. The largest absolute Gasteiger partial charge is 0.468 e. The third-order valence-electron chi connectivity index (χ3n) is 2.94. The normalized spacial score (nSPS) is 17.6. The highest BCUT2D eigenvalue weighted by Crippen LogP contribution is 2.23. The lowest BCUT2D eigenvalue weighted by Gasteiger charge is -2.14. The van der Waals surface area contributed by atoms with E-state index in [1.54, 1.807) is 11.9 Å².